The van der Waals surface area contributed by atoms with E-state index in [9.17, 15) is 13.2 Å². The predicted molar refractivity (Wildman–Crippen MR) is 97.2 cm³/mol. The lowest BCUT2D eigenvalue weighted by atomic mass is 9.95. The van der Waals surface area contributed by atoms with E-state index < -0.39 is 10.0 Å². The van der Waals surface area contributed by atoms with Crippen molar-refractivity contribution in [2.24, 2.45) is 11.8 Å². The van der Waals surface area contributed by atoms with Gasteiger partial charge in [-0.05, 0) is 50.2 Å². The first kappa shape index (κ1) is 18.0. The van der Waals surface area contributed by atoms with Crippen LogP contribution in [0.5, 0.6) is 5.75 Å². The number of benzene rings is 1. The van der Waals surface area contributed by atoms with Gasteiger partial charge in [-0.3, -0.25) is 9.10 Å². The molecule has 138 valence electrons. The zero-order chi connectivity index (χ0) is 18.0. The molecule has 3 rings (SSSR count). The second-order valence-electron chi connectivity index (χ2n) is 7.02. The Morgan fingerprint density at radius 3 is 2.64 bits per heavy atom. The van der Waals surface area contributed by atoms with Crippen LogP contribution in [0.1, 0.15) is 32.6 Å². The summed E-state index contributed by atoms with van der Waals surface area (Å²) in [6.07, 6.45) is 5.74. The van der Waals surface area contributed by atoms with Gasteiger partial charge in [0.1, 0.15) is 12.3 Å². The maximum Gasteiger partial charge on any atom is 0.241 e. The fourth-order valence-corrected chi connectivity index (χ4v) is 4.99. The fourth-order valence-electron chi connectivity index (χ4n) is 4.13. The fraction of sp³-hybridized carbons (Fsp3) is 0.611. The number of ether oxygens (including phenoxy) is 1. The summed E-state index contributed by atoms with van der Waals surface area (Å²) in [5.41, 5.74) is 0.398. The molecular formula is C18H26N2O4S. The molecule has 6 nitrogen and oxygen atoms in total. The molecule has 0 aromatic heterocycles. The standard InChI is InChI=1S/C18H26N2O4S/c1-3-24-17-7-5-4-6-16(17)20(25(2,22)23)12-18(21)19-15-11-13-8-9-14(15)10-13/h4-7,13-15H,3,8-12H2,1-2H3,(H,19,21)/t13-,14-,15-/m0/s1. The molecular weight excluding hydrogens is 340 g/mol. The lowest BCUT2D eigenvalue weighted by molar-refractivity contribution is -0.120. The van der Waals surface area contributed by atoms with Gasteiger partial charge in [-0.25, -0.2) is 8.42 Å². The van der Waals surface area contributed by atoms with Gasteiger partial charge in [-0.1, -0.05) is 18.6 Å². The Labute approximate surface area is 149 Å². The molecule has 1 aromatic rings. The lowest BCUT2D eigenvalue weighted by Crippen LogP contribution is -2.45. The van der Waals surface area contributed by atoms with Crippen LogP contribution >= 0.6 is 0 Å². The highest BCUT2D eigenvalue weighted by Gasteiger charge is 2.40. The highest BCUT2D eigenvalue weighted by Crippen LogP contribution is 2.44. The topological polar surface area (TPSA) is 75.7 Å². The molecule has 2 aliphatic carbocycles. The molecule has 2 saturated carbocycles. The number of nitrogens with zero attached hydrogens (tertiary/aromatic N) is 1. The smallest absolute Gasteiger partial charge is 0.241 e. The van der Waals surface area contributed by atoms with E-state index >= 15 is 0 Å². The minimum atomic E-state index is -3.61. The van der Waals surface area contributed by atoms with Crippen molar-refractivity contribution in [1.29, 1.82) is 0 Å². The zero-order valence-corrected chi connectivity index (χ0v) is 15.6. The van der Waals surface area contributed by atoms with E-state index in [1.807, 2.05) is 6.92 Å². The third-order valence-electron chi connectivity index (χ3n) is 5.21. The van der Waals surface area contributed by atoms with Crippen LogP contribution in [0.3, 0.4) is 0 Å². The van der Waals surface area contributed by atoms with Crippen molar-refractivity contribution in [3.8, 4) is 5.75 Å². The van der Waals surface area contributed by atoms with E-state index in [0.717, 1.165) is 22.9 Å². The summed E-state index contributed by atoms with van der Waals surface area (Å²) in [6.45, 7) is 2.03. The van der Waals surface area contributed by atoms with Crippen molar-refractivity contribution in [3.05, 3.63) is 24.3 Å². The van der Waals surface area contributed by atoms with Gasteiger partial charge >= 0.3 is 0 Å². The van der Waals surface area contributed by atoms with Gasteiger partial charge in [0.2, 0.25) is 15.9 Å². The minimum Gasteiger partial charge on any atom is -0.492 e. The van der Waals surface area contributed by atoms with E-state index in [0.29, 0.717) is 24.0 Å². The Kier molecular flexibility index (Phi) is 5.22. The van der Waals surface area contributed by atoms with Crippen molar-refractivity contribution in [1.82, 2.24) is 5.32 Å². The third-order valence-corrected chi connectivity index (χ3v) is 6.33. The lowest BCUT2D eigenvalue weighted by Gasteiger charge is -2.27. The first-order valence-corrected chi connectivity index (χ1v) is 10.7. The van der Waals surface area contributed by atoms with Crippen LogP contribution in [-0.4, -0.2) is 39.8 Å². The van der Waals surface area contributed by atoms with Crippen molar-refractivity contribution in [2.75, 3.05) is 23.7 Å². The molecule has 2 fully saturated rings. The largest absolute Gasteiger partial charge is 0.492 e. The first-order chi connectivity index (χ1) is 11.9. The van der Waals surface area contributed by atoms with E-state index in [-0.39, 0.29) is 18.5 Å². The number of nitrogens with one attached hydrogen (secondary N) is 1. The number of hydrogen-bond acceptors (Lipinski definition) is 4. The summed E-state index contributed by atoms with van der Waals surface area (Å²) >= 11 is 0. The average Bonchev–Trinajstić information content (AvgIpc) is 3.15. The summed E-state index contributed by atoms with van der Waals surface area (Å²) in [4.78, 5) is 12.5. The van der Waals surface area contributed by atoms with Gasteiger partial charge in [0, 0.05) is 6.04 Å². The van der Waals surface area contributed by atoms with E-state index in [1.165, 1.54) is 19.3 Å². The normalized spacial score (nSPS) is 25.0. The second kappa shape index (κ2) is 7.23. The highest BCUT2D eigenvalue weighted by molar-refractivity contribution is 7.92. The Morgan fingerprint density at radius 1 is 1.28 bits per heavy atom. The summed E-state index contributed by atoms with van der Waals surface area (Å²) < 4.78 is 31.2. The maximum absolute atomic E-state index is 12.5. The van der Waals surface area contributed by atoms with Gasteiger partial charge in [0.15, 0.2) is 0 Å². The quantitative estimate of drug-likeness (QED) is 0.802. The summed E-state index contributed by atoms with van der Waals surface area (Å²) in [5.74, 6) is 1.48. The molecule has 3 atom stereocenters. The first-order valence-electron chi connectivity index (χ1n) is 8.87. The van der Waals surface area contributed by atoms with Gasteiger partial charge in [0.05, 0.1) is 18.6 Å². The van der Waals surface area contributed by atoms with Crippen LogP contribution in [0.2, 0.25) is 0 Å². The van der Waals surface area contributed by atoms with Crippen LogP contribution in [0, 0.1) is 11.8 Å². The Balaban J connectivity index is 1.75. The van der Waals surface area contributed by atoms with E-state index in [4.69, 9.17) is 4.74 Å². The molecule has 2 aliphatic rings. The van der Waals surface area contributed by atoms with Gasteiger partial charge in [-0.2, -0.15) is 0 Å². The Bertz CT molecular complexity index is 734. The highest BCUT2D eigenvalue weighted by atomic mass is 32.2. The monoisotopic (exact) mass is 366 g/mol. The van der Waals surface area contributed by atoms with Gasteiger partial charge in [0.25, 0.3) is 0 Å². The van der Waals surface area contributed by atoms with Crippen LogP contribution in [0.25, 0.3) is 0 Å². The second-order valence-corrected chi connectivity index (χ2v) is 8.93. The molecule has 1 amide bonds. The summed E-state index contributed by atoms with van der Waals surface area (Å²) in [5, 5.41) is 3.05. The van der Waals surface area contributed by atoms with Crippen molar-refractivity contribution >= 4 is 21.6 Å². The number of para-hydroxylation sites is 2. The molecule has 2 bridgehead atoms. The summed E-state index contributed by atoms with van der Waals surface area (Å²) in [7, 11) is -3.61. The van der Waals surface area contributed by atoms with Crippen molar-refractivity contribution in [2.45, 2.75) is 38.6 Å². The van der Waals surface area contributed by atoms with Crippen LogP contribution in [0.15, 0.2) is 24.3 Å². The summed E-state index contributed by atoms with van der Waals surface area (Å²) in [6, 6.07) is 7.09. The molecule has 7 heteroatoms. The number of fused-ring (bicyclic) bond motifs is 2. The number of carbonyl (C=O) groups excluding carboxylic acids is 1. The van der Waals surface area contributed by atoms with E-state index in [2.05, 4.69) is 5.32 Å². The number of sulfonamides is 1. The number of anilines is 1. The minimum absolute atomic E-state index is 0.190. The number of carbonyl (C=O) groups is 1. The SMILES string of the molecule is CCOc1ccccc1N(CC(=O)N[C@H]1C[C@H]2CC[C@H]1C2)S(C)(=O)=O. The van der Waals surface area contributed by atoms with Crippen molar-refractivity contribution in [3.63, 3.8) is 0 Å². The average molecular weight is 366 g/mol. The molecule has 0 radical (unpaired) electrons. The zero-order valence-electron chi connectivity index (χ0n) is 14.8. The number of hydrogen-bond donors (Lipinski definition) is 1. The van der Waals surface area contributed by atoms with Crippen LogP contribution in [0.4, 0.5) is 5.69 Å². The Hall–Kier alpha value is -1.76. The van der Waals surface area contributed by atoms with Gasteiger partial charge in [-0.15, -0.1) is 0 Å². The number of amides is 1. The molecule has 1 aromatic carbocycles. The molecule has 0 heterocycles. The maximum atomic E-state index is 12.5. The molecule has 25 heavy (non-hydrogen) atoms. The van der Waals surface area contributed by atoms with Crippen LogP contribution < -0.4 is 14.4 Å². The van der Waals surface area contributed by atoms with Crippen molar-refractivity contribution < 1.29 is 17.9 Å². The van der Waals surface area contributed by atoms with Gasteiger partial charge < -0.3 is 10.1 Å². The molecule has 0 spiro atoms. The molecule has 0 unspecified atom stereocenters. The Morgan fingerprint density at radius 2 is 2.04 bits per heavy atom. The predicted octanol–water partition coefficient (Wildman–Crippen LogP) is 2.16. The third kappa shape index (κ3) is 4.08. The molecule has 1 N–H and O–H groups in total. The number of rotatable bonds is 7. The molecule has 0 aliphatic heterocycles. The molecule has 0 saturated heterocycles. The van der Waals surface area contributed by atoms with E-state index in [1.54, 1.807) is 24.3 Å². The van der Waals surface area contributed by atoms with Crippen LogP contribution in [-0.2, 0) is 14.8 Å².